The minimum Gasteiger partial charge on any atom is -0.360 e. The highest BCUT2D eigenvalue weighted by Gasteiger charge is 2.31. The summed E-state index contributed by atoms with van der Waals surface area (Å²) in [6.45, 7) is 6.67. The first-order chi connectivity index (χ1) is 11.2. The molecule has 0 saturated carbocycles. The van der Waals surface area contributed by atoms with Gasteiger partial charge in [-0.3, -0.25) is 4.79 Å². The van der Waals surface area contributed by atoms with Crippen LogP contribution in [0.15, 0.2) is 39.8 Å². The Kier molecular flexibility index (Phi) is 5.40. The van der Waals surface area contributed by atoms with Crippen molar-refractivity contribution in [2.45, 2.75) is 44.7 Å². The maximum absolute atomic E-state index is 12.7. The number of nitrogens with one attached hydrogen (secondary N) is 2. The predicted molar refractivity (Wildman–Crippen MR) is 88.8 cm³/mol. The molecule has 0 spiro atoms. The Labute approximate surface area is 141 Å². The van der Waals surface area contributed by atoms with Crippen LogP contribution >= 0.6 is 0 Å². The maximum Gasteiger partial charge on any atom is 0.247 e. The Bertz CT molecular complexity index is 794. The Morgan fingerprint density at radius 1 is 1.17 bits per heavy atom. The van der Waals surface area contributed by atoms with Crippen LogP contribution in [0.25, 0.3) is 0 Å². The molecule has 0 unspecified atom stereocenters. The second-order valence-corrected chi connectivity index (χ2v) is 7.43. The van der Waals surface area contributed by atoms with Crippen molar-refractivity contribution in [1.29, 1.82) is 0 Å². The fourth-order valence-electron chi connectivity index (χ4n) is 2.36. The lowest BCUT2D eigenvalue weighted by molar-refractivity contribution is -0.123. The second-order valence-electron chi connectivity index (χ2n) is 5.78. The maximum atomic E-state index is 12.7. The number of hydrogen-bond donors (Lipinski definition) is 2. The molecule has 0 aliphatic rings. The predicted octanol–water partition coefficient (Wildman–Crippen LogP) is 1.84. The number of carbonyl (C=O) groups excluding carboxylic acids is 1. The fraction of sp³-hybridized carbons (Fsp3) is 0.375. The van der Waals surface area contributed by atoms with Crippen LogP contribution in [0.2, 0.25) is 0 Å². The van der Waals surface area contributed by atoms with Crippen molar-refractivity contribution >= 4 is 15.9 Å². The van der Waals surface area contributed by atoms with Crippen LogP contribution < -0.4 is 10.0 Å². The summed E-state index contributed by atoms with van der Waals surface area (Å²) >= 11 is 0. The van der Waals surface area contributed by atoms with Gasteiger partial charge in [0.2, 0.25) is 15.9 Å². The van der Waals surface area contributed by atoms with E-state index in [1.165, 1.54) is 13.8 Å². The standard InChI is InChI=1S/C16H21N3O4S/c1-10(2)17-16(20)14(13-8-6-5-7-9-13)19-24(21,22)15-11(3)18-23-12(15)4/h5-10,14,19H,1-4H3,(H,17,20)/t14-/m0/s1. The van der Waals surface area contributed by atoms with Gasteiger partial charge in [-0.2, -0.15) is 4.72 Å². The summed E-state index contributed by atoms with van der Waals surface area (Å²) in [5.41, 5.74) is 0.794. The van der Waals surface area contributed by atoms with Gasteiger partial charge in [-0.05, 0) is 33.3 Å². The van der Waals surface area contributed by atoms with Gasteiger partial charge in [0.05, 0.1) is 0 Å². The Hall–Kier alpha value is -2.19. The van der Waals surface area contributed by atoms with Gasteiger partial charge in [0.25, 0.3) is 0 Å². The lowest BCUT2D eigenvalue weighted by Gasteiger charge is -2.20. The molecule has 1 amide bonds. The Morgan fingerprint density at radius 3 is 2.29 bits per heavy atom. The van der Waals surface area contributed by atoms with Crippen LogP contribution in [0, 0.1) is 13.8 Å². The van der Waals surface area contributed by atoms with Crippen LogP contribution in [-0.4, -0.2) is 25.5 Å². The zero-order chi connectivity index (χ0) is 17.9. The van der Waals surface area contributed by atoms with E-state index in [1.54, 1.807) is 30.3 Å². The summed E-state index contributed by atoms with van der Waals surface area (Å²) in [5, 5.41) is 6.39. The lowest BCUT2D eigenvalue weighted by Crippen LogP contribution is -2.42. The van der Waals surface area contributed by atoms with Gasteiger partial charge in [-0.1, -0.05) is 35.5 Å². The van der Waals surface area contributed by atoms with E-state index in [9.17, 15) is 13.2 Å². The van der Waals surface area contributed by atoms with Crippen LogP contribution in [0.1, 0.15) is 36.9 Å². The summed E-state index contributed by atoms with van der Waals surface area (Å²) in [6.07, 6.45) is 0. The molecule has 0 fully saturated rings. The molecule has 1 atom stereocenters. The van der Waals surface area contributed by atoms with Crippen molar-refractivity contribution in [3.63, 3.8) is 0 Å². The van der Waals surface area contributed by atoms with E-state index in [-0.39, 0.29) is 22.4 Å². The number of carbonyl (C=O) groups is 1. The number of aromatic nitrogens is 1. The molecule has 1 heterocycles. The average molecular weight is 351 g/mol. The lowest BCUT2D eigenvalue weighted by atomic mass is 10.1. The molecule has 0 aliphatic heterocycles. The van der Waals surface area contributed by atoms with E-state index in [0.717, 1.165) is 0 Å². The second kappa shape index (κ2) is 7.14. The van der Waals surface area contributed by atoms with Crippen LogP contribution in [0.3, 0.4) is 0 Å². The molecular formula is C16H21N3O4S. The number of benzene rings is 1. The number of hydrogen-bond acceptors (Lipinski definition) is 5. The van der Waals surface area contributed by atoms with Gasteiger partial charge in [-0.25, -0.2) is 8.42 Å². The third-order valence-electron chi connectivity index (χ3n) is 3.34. The quantitative estimate of drug-likeness (QED) is 0.827. The van der Waals surface area contributed by atoms with Crippen LogP contribution in [-0.2, 0) is 14.8 Å². The van der Waals surface area contributed by atoms with Crippen molar-refractivity contribution in [1.82, 2.24) is 15.2 Å². The van der Waals surface area contributed by atoms with Gasteiger partial charge >= 0.3 is 0 Å². The van der Waals surface area contributed by atoms with Gasteiger partial charge in [-0.15, -0.1) is 0 Å². The fourth-order valence-corrected chi connectivity index (χ4v) is 3.87. The summed E-state index contributed by atoms with van der Waals surface area (Å²) < 4.78 is 32.8. The number of sulfonamides is 1. The SMILES string of the molecule is Cc1noc(C)c1S(=O)(=O)N[C@H](C(=O)NC(C)C)c1ccccc1. The van der Waals surface area contributed by atoms with E-state index in [4.69, 9.17) is 4.52 Å². The van der Waals surface area contributed by atoms with Crippen molar-refractivity contribution in [3.05, 3.63) is 47.3 Å². The topological polar surface area (TPSA) is 101 Å². The molecule has 8 heteroatoms. The Balaban J connectivity index is 2.40. The Morgan fingerprint density at radius 2 is 1.79 bits per heavy atom. The van der Waals surface area contributed by atoms with Gasteiger partial charge in [0.15, 0.2) is 5.76 Å². The highest BCUT2D eigenvalue weighted by atomic mass is 32.2. The number of amides is 1. The van der Waals surface area contributed by atoms with E-state index in [0.29, 0.717) is 5.56 Å². The molecule has 1 aromatic heterocycles. The van der Waals surface area contributed by atoms with Crippen molar-refractivity contribution in [2.24, 2.45) is 0 Å². The molecule has 2 aromatic rings. The minimum atomic E-state index is -3.97. The third kappa shape index (κ3) is 4.01. The summed E-state index contributed by atoms with van der Waals surface area (Å²) in [5.74, 6) is -0.248. The zero-order valence-electron chi connectivity index (χ0n) is 14.0. The van der Waals surface area contributed by atoms with Crippen molar-refractivity contribution in [2.75, 3.05) is 0 Å². The number of aryl methyl sites for hydroxylation is 2. The highest BCUT2D eigenvalue weighted by molar-refractivity contribution is 7.89. The highest BCUT2D eigenvalue weighted by Crippen LogP contribution is 2.22. The third-order valence-corrected chi connectivity index (χ3v) is 5.00. The molecule has 0 saturated heterocycles. The first-order valence-electron chi connectivity index (χ1n) is 7.53. The molecule has 24 heavy (non-hydrogen) atoms. The molecule has 0 radical (unpaired) electrons. The first-order valence-corrected chi connectivity index (χ1v) is 9.01. The van der Waals surface area contributed by atoms with E-state index < -0.39 is 22.0 Å². The molecule has 2 N–H and O–H groups in total. The minimum absolute atomic E-state index is 0.0409. The molecular weight excluding hydrogens is 330 g/mol. The smallest absolute Gasteiger partial charge is 0.247 e. The van der Waals surface area contributed by atoms with Gasteiger partial charge in [0, 0.05) is 6.04 Å². The average Bonchev–Trinajstić information content (AvgIpc) is 2.84. The molecule has 2 rings (SSSR count). The normalized spacial score (nSPS) is 13.0. The molecule has 130 valence electrons. The monoisotopic (exact) mass is 351 g/mol. The molecule has 0 aliphatic carbocycles. The van der Waals surface area contributed by atoms with Crippen LogP contribution in [0.4, 0.5) is 0 Å². The summed E-state index contributed by atoms with van der Waals surface area (Å²) in [7, 11) is -3.97. The van der Waals surface area contributed by atoms with Gasteiger partial charge < -0.3 is 9.84 Å². The van der Waals surface area contributed by atoms with Crippen molar-refractivity contribution in [3.8, 4) is 0 Å². The first kappa shape index (κ1) is 18.2. The van der Waals surface area contributed by atoms with E-state index >= 15 is 0 Å². The summed E-state index contributed by atoms with van der Waals surface area (Å²) in [6, 6.07) is 7.51. The molecule has 0 bridgehead atoms. The number of rotatable bonds is 6. The summed E-state index contributed by atoms with van der Waals surface area (Å²) in [4.78, 5) is 12.5. The van der Waals surface area contributed by atoms with E-state index in [2.05, 4.69) is 15.2 Å². The van der Waals surface area contributed by atoms with Crippen molar-refractivity contribution < 1.29 is 17.7 Å². The van der Waals surface area contributed by atoms with Gasteiger partial charge in [0.1, 0.15) is 16.6 Å². The van der Waals surface area contributed by atoms with Crippen LogP contribution in [0.5, 0.6) is 0 Å². The molecule has 1 aromatic carbocycles. The number of nitrogens with zero attached hydrogens (tertiary/aromatic N) is 1. The molecule has 7 nitrogen and oxygen atoms in total. The zero-order valence-corrected chi connectivity index (χ0v) is 14.8. The van der Waals surface area contributed by atoms with E-state index in [1.807, 2.05) is 13.8 Å². The largest absolute Gasteiger partial charge is 0.360 e.